The summed E-state index contributed by atoms with van der Waals surface area (Å²) in [4.78, 5) is 29.4. The molecule has 0 aliphatic rings. The topological polar surface area (TPSA) is 96.0 Å². The molecule has 10 heteroatoms. The highest BCUT2D eigenvalue weighted by Crippen LogP contribution is 2.33. The SMILES string of the molecule is CCCNC(=O)[C@H](Cc1ccccc1)N(Cc1ccccc1F)C(=O)CN(c1ccccc1OC)S(=O)(=O)c1ccc(C)cc1. The van der Waals surface area contributed by atoms with Crippen molar-refractivity contribution >= 4 is 27.5 Å². The van der Waals surface area contributed by atoms with Crippen molar-refractivity contribution in [3.8, 4) is 5.75 Å². The van der Waals surface area contributed by atoms with Gasteiger partial charge in [0.05, 0.1) is 17.7 Å². The van der Waals surface area contributed by atoms with E-state index in [1.54, 1.807) is 48.5 Å². The Morgan fingerprint density at radius 1 is 0.889 bits per heavy atom. The lowest BCUT2D eigenvalue weighted by Gasteiger charge is -2.34. The van der Waals surface area contributed by atoms with Crippen molar-refractivity contribution in [2.45, 2.75) is 44.2 Å². The van der Waals surface area contributed by atoms with Crippen LogP contribution >= 0.6 is 0 Å². The van der Waals surface area contributed by atoms with Crippen LogP contribution in [0.3, 0.4) is 0 Å². The first-order valence-electron chi connectivity index (χ1n) is 14.7. The van der Waals surface area contributed by atoms with E-state index in [9.17, 15) is 18.0 Å². The zero-order valence-electron chi connectivity index (χ0n) is 25.6. The fourth-order valence-electron chi connectivity index (χ4n) is 4.92. The number of carbonyl (C=O) groups excluding carboxylic acids is 2. The molecule has 0 radical (unpaired) electrons. The molecule has 4 aromatic rings. The number of sulfonamides is 1. The summed E-state index contributed by atoms with van der Waals surface area (Å²) in [6.45, 7) is 3.20. The van der Waals surface area contributed by atoms with Gasteiger partial charge < -0.3 is 15.0 Å². The van der Waals surface area contributed by atoms with Gasteiger partial charge >= 0.3 is 0 Å². The summed E-state index contributed by atoms with van der Waals surface area (Å²) >= 11 is 0. The lowest BCUT2D eigenvalue weighted by atomic mass is 10.0. The number of methoxy groups -OCH3 is 1. The van der Waals surface area contributed by atoms with Gasteiger partial charge in [0.15, 0.2) is 0 Å². The molecule has 0 unspecified atom stereocenters. The number of rotatable bonds is 14. The number of amides is 2. The molecule has 0 aliphatic heterocycles. The lowest BCUT2D eigenvalue weighted by Crippen LogP contribution is -2.53. The third kappa shape index (κ3) is 8.27. The van der Waals surface area contributed by atoms with E-state index in [0.29, 0.717) is 13.0 Å². The van der Waals surface area contributed by atoms with Crippen LogP contribution in [0.5, 0.6) is 5.75 Å². The van der Waals surface area contributed by atoms with Crippen LogP contribution in [-0.4, -0.2) is 51.4 Å². The quantitative estimate of drug-likeness (QED) is 0.198. The Balaban J connectivity index is 1.83. The average Bonchev–Trinajstić information content (AvgIpc) is 3.05. The van der Waals surface area contributed by atoms with Gasteiger partial charge in [-0.25, -0.2) is 12.8 Å². The smallest absolute Gasteiger partial charge is 0.264 e. The highest BCUT2D eigenvalue weighted by molar-refractivity contribution is 7.92. The Hall–Kier alpha value is -4.70. The van der Waals surface area contributed by atoms with E-state index >= 15 is 4.39 Å². The van der Waals surface area contributed by atoms with Crippen molar-refractivity contribution in [3.05, 3.63) is 126 Å². The van der Waals surface area contributed by atoms with Crippen molar-refractivity contribution in [2.24, 2.45) is 0 Å². The maximum atomic E-state index is 15.0. The molecule has 0 fully saturated rings. The maximum absolute atomic E-state index is 15.0. The van der Waals surface area contributed by atoms with Crippen LogP contribution in [0.25, 0.3) is 0 Å². The highest BCUT2D eigenvalue weighted by atomic mass is 32.2. The Labute approximate surface area is 264 Å². The first kappa shape index (κ1) is 33.2. The number of aryl methyl sites for hydroxylation is 1. The van der Waals surface area contributed by atoms with Gasteiger partial charge in [0.25, 0.3) is 10.0 Å². The Kier molecular flexibility index (Phi) is 11.3. The summed E-state index contributed by atoms with van der Waals surface area (Å²) in [6.07, 6.45) is 0.803. The fourth-order valence-corrected chi connectivity index (χ4v) is 6.34. The van der Waals surface area contributed by atoms with E-state index < -0.39 is 40.2 Å². The molecule has 1 N–H and O–H groups in total. The Morgan fingerprint density at radius 3 is 2.20 bits per heavy atom. The molecule has 45 heavy (non-hydrogen) atoms. The molecule has 8 nitrogen and oxygen atoms in total. The van der Waals surface area contributed by atoms with Crippen molar-refractivity contribution in [1.82, 2.24) is 10.2 Å². The van der Waals surface area contributed by atoms with Crippen molar-refractivity contribution in [3.63, 3.8) is 0 Å². The second-order valence-electron chi connectivity index (χ2n) is 10.6. The summed E-state index contributed by atoms with van der Waals surface area (Å²) in [5.74, 6) is -1.41. The summed E-state index contributed by atoms with van der Waals surface area (Å²) in [6, 6.07) is 26.9. The van der Waals surface area contributed by atoms with Crippen molar-refractivity contribution in [1.29, 1.82) is 0 Å². The van der Waals surface area contributed by atoms with E-state index in [4.69, 9.17) is 4.74 Å². The van der Waals surface area contributed by atoms with E-state index in [2.05, 4.69) is 5.32 Å². The third-order valence-electron chi connectivity index (χ3n) is 7.36. The van der Waals surface area contributed by atoms with E-state index in [1.165, 1.54) is 36.3 Å². The number of carbonyl (C=O) groups is 2. The molecular formula is C35H38FN3O5S. The van der Waals surface area contributed by atoms with Crippen LogP contribution in [0.15, 0.2) is 108 Å². The second-order valence-corrected chi connectivity index (χ2v) is 12.5. The molecule has 0 spiro atoms. The van der Waals surface area contributed by atoms with Crippen LogP contribution in [-0.2, 0) is 32.6 Å². The van der Waals surface area contributed by atoms with E-state index in [1.807, 2.05) is 44.2 Å². The average molecular weight is 632 g/mol. The lowest BCUT2D eigenvalue weighted by molar-refractivity contribution is -0.140. The molecule has 0 aliphatic carbocycles. The standard InChI is InChI=1S/C35H38FN3O5S/c1-4-22-37-35(41)32(23-27-12-6-5-7-13-27)38(24-28-14-8-9-15-30(28)36)34(40)25-39(31-16-10-11-17-33(31)44-3)45(42,43)29-20-18-26(2)19-21-29/h5-21,32H,4,22-25H2,1-3H3,(H,37,41)/t32-/m0/s1. The van der Waals surface area contributed by atoms with Crippen molar-refractivity contribution in [2.75, 3.05) is 24.5 Å². The monoisotopic (exact) mass is 631 g/mol. The Morgan fingerprint density at radius 2 is 1.53 bits per heavy atom. The number of hydrogen-bond acceptors (Lipinski definition) is 5. The Bertz CT molecular complexity index is 1700. The van der Waals surface area contributed by atoms with Crippen LogP contribution in [0.4, 0.5) is 10.1 Å². The van der Waals surface area contributed by atoms with Gasteiger partial charge in [0.1, 0.15) is 24.2 Å². The van der Waals surface area contributed by atoms with Gasteiger partial charge in [-0.3, -0.25) is 13.9 Å². The van der Waals surface area contributed by atoms with Gasteiger partial charge in [-0.1, -0.05) is 85.3 Å². The summed E-state index contributed by atoms with van der Waals surface area (Å²) in [5, 5.41) is 2.87. The third-order valence-corrected chi connectivity index (χ3v) is 9.13. The summed E-state index contributed by atoms with van der Waals surface area (Å²) in [7, 11) is -2.89. The molecule has 236 valence electrons. The number of nitrogens with one attached hydrogen (secondary N) is 1. The molecule has 1 atom stereocenters. The van der Waals surface area contributed by atoms with Gasteiger partial charge in [-0.05, 0) is 49.2 Å². The highest BCUT2D eigenvalue weighted by Gasteiger charge is 2.35. The zero-order valence-corrected chi connectivity index (χ0v) is 26.5. The van der Waals surface area contributed by atoms with Crippen LogP contribution in [0.1, 0.15) is 30.0 Å². The molecule has 0 saturated heterocycles. The molecule has 0 bridgehead atoms. The van der Waals surface area contributed by atoms with Gasteiger partial charge in [0, 0.05) is 25.1 Å². The van der Waals surface area contributed by atoms with Crippen LogP contribution in [0.2, 0.25) is 0 Å². The van der Waals surface area contributed by atoms with E-state index in [0.717, 1.165) is 15.4 Å². The maximum Gasteiger partial charge on any atom is 0.264 e. The number of benzene rings is 4. The molecule has 0 saturated carbocycles. The number of halogens is 1. The number of anilines is 1. The first-order valence-corrected chi connectivity index (χ1v) is 16.2. The van der Waals surface area contributed by atoms with Gasteiger partial charge in [-0.2, -0.15) is 0 Å². The minimum absolute atomic E-state index is 0.0195. The van der Waals surface area contributed by atoms with Crippen molar-refractivity contribution < 1.29 is 27.1 Å². The van der Waals surface area contributed by atoms with Gasteiger partial charge in [-0.15, -0.1) is 0 Å². The molecule has 0 aromatic heterocycles. The second kappa shape index (κ2) is 15.3. The molecular weight excluding hydrogens is 593 g/mol. The molecule has 4 aromatic carbocycles. The largest absolute Gasteiger partial charge is 0.495 e. The van der Waals surface area contributed by atoms with Gasteiger partial charge in [0.2, 0.25) is 11.8 Å². The first-order chi connectivity index (χ1) is 21.6. The zero-order chi connectivity index (χ0) is 32.4. The number of para-hydroxylation sites is 2. The van der Waals surface area contributed by atoms with Crippen LogP contribution < -0.4 is 14.4 Å². The summed E-state index contributed by atoms with van der Waals surface area (Å²) in [5.41, 5.74) is 1.99. The number of nitrogens with zero attached hydrogens (tertiary/aromatic N) is 2. The fraction of sp³-hybridized carbons (Fsp3) is 0.257. The summed E-state index contributed by atoms with van der Waals surface area (Å²) < 4.78 is 49.9. The van der Waals surface area contributed by atoms with E-state index in [-0.39, 0.29) is 34.9 Å². The molecule has 0 heterocycles. The predicted molar refractivity (Wildman–Crippen MR) is 173 cm³/mol. The van der Waals surface area contributed by atoms with Crippen LogP contribution in [0, 0.1) is 12.7 Å². The minimum atomic E-state index is -4.30. The predicted octanol–water partition coefficient (Wildman–Crippen LogP) is 5.50. The minimum Gasteiger partial charge on any atom is -0.495 e. The number of ether oxygens (including phenoxy) is 1. The number of hydrogen-bond donors (Lipinski definition) is 1. The molecule has 4 rings (SSSR count). The molecule has 2 amide bonds. The normalized spacial score (nSPS) is 11.8.